The average Bonchev–Trinajstić information content (AvgIpc) is 2.68. The molecular weight excluding hydrogens is 224 g/mol. The van der Waals surface area contributed by atoms with Gasteiger partial charge in [-0.3, -0.25) is 0 Å². The molecule has 0 aliphatic rings. The normalized spacial score (nSPS) is 13.4. The number of nitrogens with zero attached hydrogens (tertiary/aromatic N) is 3. The van der Waals surface area contributed by atoms with Crippen molar-refractivity contribution in [1.82, 2.24) is 14.8 Å². The van der Waals surface area contributed by atoms with E-state index in [4.69, 9.17) is 10.8 Å². The van der Waals surface area contributed by atoms with E-state index in [1.165, 1.54) is 0 Å². The van der Waals surface area contributed by atoms with Crippen molar-refractivity contribution in [3.05, 3.63) is 5.82 Å². The van der Waals surface area contributed by atoms with Crippen LogP contribution in [0, 0.1) is 5.92 Å². The van der Waals surface area contributed by atoms with Crippen molar-refractivity contribution >= 4 is 11.8 Å². The molecule has 1 heterocycles. The van der Waals surface area contributed by atoms with Crippen molar-refractivity contribution < 1.29 is 5.11 Å². The molecule has 1 aromatic rings. The van der Waals surface area contributed by atoms with Crippen LogP contribution in [0.5, 0.6) is 0 Å². The maximum atomic E-state index is 8.97. The van der Waals surface area contributed by atoms with Gasteiger partial charge in [0.1, 0.15) is 5.82 Å². The Morgan fingerprint density at radius 1 is 1.38 bits per heavy atom. The fraction of sp³-hybridized carbons (Fsp3) is 0.800. The largest absolute Gasteiger partial charge is 0.396 e. The molecule has 0 aromatic carbocycles. The summed E-state index contributed by atoms with van der Waals surface area (Å²) in [5.74, 6) is 1.92. The molecule has 0 aliphatic heterocycles. The van der Waals surface area contributed by atoms with Crippen LogP contribution in [0.2, 0.25) is 0 Å². The molecule has 0 amide bonds. The number of aliphatic hydroxyl groups excluding tert-OH is 1. The van der Waals surface area contributed by atoms with Crippen LogP contribution in [-0.2, 0) is 6.54 Å². The van der Waals surface area contributed by atoms with E-state index in [2.05, 4.69) is 28.6 Å². The second kappa shape index (κ2) is 6.22. The number of aliphatic hydroxyl groups is 1. The zero-order valence-electron chi connectivity index (χ0n) is 10.1. The first kappa shape index (κ1) is 13.5. The van der Waals surface area contributed by atoms with E-state index < -0.39 is 0 Å². The lowest BCUT2D eigenvalue weighted by atomic mass is 10.2. The van der Waals surface area contributed by atoms with E-state index in [0.29, 0.717) is 12.6 Å². The molecule has 3 N–H and O–H groups in total. The van der Waals surface area contributed by atoms with Crippen molar-refractivity contribution in [2.45, 2.75) is 38.5 Å². The number of nitrogens with two attached hydrogens (primary N) is 1. The molecular formula is C10H20N4OS. The zero-order valence-corrected chi connectivity index (χ0v) is 10.9. The second-order valence-corrected chi connectivity index (χ2v) is 5.15. The number of rotatable bonds is 6. The molecule has 0 bridgehead atoms. The summed E-state index contributed by atoms with van der Waals surface area (Å²) in [6.45, 7) is 6.78. The van der Waals surface area contributed by atoms with Crippen LogP contribution in [0.3, 0.4) is 0 Å². The fourth-order valence-corrected chi connectivity index (χ4v) is 2.43. The topological polar surface area (TPSA) is 77.0 Å². The Bertz CT molecular complexity index is 327. The highest BCUT2D eigenvalue weighted by Crippen LogP contribution is 2.23. The van der Waals surface area contributed by atoms with Crippen LogP contribution in [0.1, 0.15) is 32.6 Å². The summed E-state index contributed by atoms with van der Waals surface area (Å²) in [5, 5.41) is 18.0. The first-order valence-corrected chi connectivity index (χ1v) is 6.46. The van der Waals surface area contributed by atoms with Gasteiger partial charge in [-0.25, -0.2) is 0 Å². The maximum absolute atomic E-state index is 8.97. The number of aromatic nitrogens is 3. The van der Waals surface area contributed by atoms with Crippen LogP contribution in [0.15, 0.2) is 5.16 Å². The van der Waals surface area contributed by atoms with Gasteiger partial charge in [-0.15, -0.1) is 10.2 Å². The molecule has 0 saturated carbocycles. The van der Waals surface area contributed by atoms with Gasteiger partial charge in [0.25, 0.3) is 0 Å². The molecule has 1 atom stereocenters. The molecule has 5 nitrogen and oxygen atoms in total. The molecule has 0 saturated heterocycles. The summed E-state index contributed by atoms with van der Waals surface area (Å²) in [7, 11) is 0. The molecule has 1 unspecified atom stereocenters. The summed E-state index contributed by atoms with van der Waals surface area (Å²) in [6, 6.07) is 0.306. The van der Waals surface area contributed by atoms with Crippen LogP contribution >= 0.6 is 11.8 Å². The molecule has 1 aromatic heterocycles. The van der Waals surface area contributed by atoms with Gasteiger partial charge in [0.05, 0.1) is 6.54 Å². The van der Waals surface area contributed by atoms with Crippen LogP contribution < -0.4 is 5.73 Å². The lowest BCUT2D eigenvalue weighted by Gasteiger charge is -2.13. The second-order valence-electron chi connectivity index (χ2n) is 4.17. The summed E-state index contributed by atoms with van der Waals surface area (Å²) in [6.07, 6.45) is 0. The standard InChI is InChI=1S/C10H20N4OS/c1-7(2)14-9(4-11)12-13-10(14)16-6-8(3)5-15/h7-8,15H,4-6,11H2,1-3H3. The van der Waals surface area contributed by atoms with E-state index >= 15 is 0 Å². The monoisotopic (exact) mass is 244 g/mol. The predicted octanol–water partition coefficient (Wildman–Crippen LogP) is 1.04. The summed E-state index contributed by atoms with van der Waals surface area (Å²) >= 11 is 1.62. The number of hydrogen-bond donors (Lipinski definition) is 2. The minimum atomic E-state index is 0.201. The van der Waals surface area contributed by atoms with Crippen molar-refractivity contribution in [1.29, 1.82) is 0 Å². The molecule has 0 radical (unpaired) electrons. The lowest BCUT2D eigenvalue weighted by molar-refractivity contribution is 0.250. The van der Waals surface area contributed by atoms with Crippen molar-refractivity contribution in [2.75, 3.05) is 12.4 Å². The predicted molar refractivity (Wildman–Crippen MR) is 65.3 cm³/mol. The first-order chi connectivity index (χ1) is 7.60. The third-order valence-electron chi connectivity index (χ3n) is 2.24. The molecule has 0 fully saturated rings. The Kier molecular flexibility index (Phi) is 5.24. The Hall–Kier alpha value is -0.590. The molecule has 6 heteroatoms. The minimum absolute atomic E-state index is 0.201. The summed E-state index contributed by atoms with van der Waals surface area (Å²) < 4.78 is 2.05. The Labute approximate surface area is 100 Å². The Balaban J connectivity index is 2.75. The van der Waals surface area contributed by atoms with Gasteiger partial charge in [-0.1, -0.05) is 18.7 Å². The van der Waals surface area contributed by atoms with Gasteiger partial charge in [0.15, 0.2) is 5.16 Å². The maximum Gasteiger partial charge on any atom is 0.191 e. The molecule has 16 heavy (non-hydrogen) atoms. The van der Waals surface area contributed by atoms with Crippen molar-refractivity contribution in [3.63, 3.8) is 0 Å². The van der Waals surface area contributed by atoms with Crippen LogP contribution in [0.25, 0.3) is 0 Å². The summed E-state index contributed by atoms with van der Waals surface area (Å²) in [5.41, 5.74) is 5.61. The Morgan fingerprint density at radius 2 is 2.06 bits per heavy atom. The molecule has 92 valence electrons. The zero-order chi connectivity index (χ0) is 12.1. The lowest BCUT2D eigenvalue weighted by Crippen LogP contribution is -2.12. The Morgan fingerprint density at radius 3 is 2.56 bits per heavy atom. The van der Waals surface area contributed by atoms with E-state index in [1.54, 1.807) is 11.8 Å². The molecule has 1 rings (SSSR count). The minimum Gasteiger partial charge on any atom is -0.396 e. The van der Waals surface area contributed by atoms with Gasteiger partial charge in [0.2, 0.25) is 0 Å². The number of hydrogen-bond acceptors (Lipinski definition) is 5. The molecule has 0 aliphatic carbocycles. The van der Waals surface area contributed by atoms with Crippen molar-refractivity contribution in [2.24, 2.45) is 11.7 Å². The van der Waals surface area contributed by atoms with Gasteiger partial charge in [0, 0.05) is 18.4 Å². The molecule has 0 spiro atoms. The first-order valence-electron chi connectivity index (χ1n) is 5.47. The van der Waals surface area contributed by atoms with Crippen LogP contribution in [-0.4, -0.2) is 32.2 Å². The van der Waals surface area contributed by atoms with Gasteiger partial charge in [-0.2, -0.15) is 0 Å². The average molecular weight is 244 g/mol. The third-order valence-corrected chi connectivity index (χ3v) is 3.51. The summed E-state index contributed by atoms with van der Waals surface area (Å²) in [4.78, 5) is 0. The third kappa shape index (κ3) is 3.20. The smallest absolute Gasteiger partial charge is 0.191 e. The highest BCUT2D eigenvalue weighted by atomic mass is 32.2. The number of thioether (sulfide) groups is 1. The fourth-order valence-electron chi connectivity index (χ4n) is 1.33. The van der Waals surface area contributed by atoms with Gasteiger partial charge in [-0.05, 0) is 19.8 Å². The van der Waals surface area contributed by atoms with Gasteiger partial charge < -0.3 is 15.4 Å². The van der Waals surface area contributed by atoms with Crippen LogP contribution in [0.4, 0.5) is 0 Å². The SMILES string of the molecule is CC(CO)CSc1nnc(CN)n1C(C)C. The quantitative estimate of drug-likeness (QED) is 0.731. The highest BCUT2D eigenvalue weighted by molar-refractivity contribution is 7.99. The van der Waals surface area contributed by atoms with E-state index in [9.17, 15) is 0 Å². The van der Waals surface area contributed by atoms with E-state index in [-0.39, 0.29) is 12.5 Å². The van der Waals surface area contributed by atoms with E-state index in [1.807, 2.05) is 6.92 Å². The highest BCUT2D eigenvalue weighted by Gasteiger charge is 2.14. The van der Waals surface area contributed by atoms with E-state index in [0.717, 1.165) is 16.7 Å². The van der Waals surface area contributed by atoms with Gasteiger partial charge >= 0.3 is 0 Å². The van der Waals surface area contributed by atoms with Crippen molar-refractivity contribution in [3.8, 4) is 0 Å².